The first-order valence-electron chi connectivity index (χ1n) is 10.2. The summed E-state index contributed by atoms with van der Waals surface area (Å²) in [6, 6.07) is 9.22. The Bertz CT molecular complexity index is 959. The molecule has 2 aromatic heterocycles. The Morgan fingerprint density at radius 2 is 1.86 bits per heavy atom. The van der Waals surface area contributed by atoms with Gasteiger partial charge in [0.25, 0.3) is 0 Å². The summed E-state index contributed by atoms with van der Waals surface area (Å²) in [5.74, 6) is 1.41. The Morgan fingerprint density at radius 1 is 1.14 bits per heavy atom. The minimum atomic E-state index is 0.273. The average molecular weight is 458 g/mol. The fourth-order valence-electron chi connectivity index (χ4n) is 3.72. The number of halogens is 1. The number of imidazole rings is 1. The lowest BCUT2D eigenvalue weighted by atomic mass is 9.92. The molecule has 0 radical (unpaired) electrons. The van der Waals surface area contributed by atoms with Gasteiger partial charge in [-0.05, 0) is 57.2 Å². The maximum absolute atomic E-state index is 6.05. The molecule has 0 bridgehead atoms. The van der Waals surface area contributed by atoms with Gasteiger partial charge in [0.05, 0.1) is 6.33 Å². The van der Waals surface area contributed by atoms with Gasteiger partial charge in [-0.3, -0.25) is 0 Å². The fourth-order valence-corrected chi connectivity index (χ4v) is 3.98. The van der Waals surface area contributed by atoms with Crippen LogP contribution in [-0.2, 0) is 6.54 Å². The third-order valence-corrected chi connectivity index (χ3v) is 5.98. The maximum atomic E-state index is 6.05. The van der Waals surface area contributed by atoms with Gasteiger partial charge in [0.2, 0.25) is 5.95 Å². The van der Waals surface area contributed by atoms with Crippen molar-refractivity contribution in [2.24, 2.45) is 5.73 Å². The molecule has 0 amide bonds. The zero-order valence-corrected chi connectivity index (χ0v) is 18.5. The molecule has 2 heterocycles. The van der Waals surface area contributed by atoms with Gasteiger partial charge in [0.1, 0.15) is 0 Å². The molecule has 1 aromatic carbocycles. The highest BCUT2D eigenvalue weighted by molar-refractivity contribution is 9.10. The van der Waals surface area contributed by atoms with Crippen LogP contribution in [0.25, 0.3) is 11.2 Å². The summed E-state index contributed by atoms with van der Waals surface area (Å²) in [5, 5.41) is 6.99. The van der Waals surface area contributed by atoms with Gasteiger partial charge in [-0.25, -0.2) is 4.98 Å². The Labute approximate surface area is 179 Å². The minimum Gasteiger partial charge on any atom is -0.364 e. The van der Waals surface area contributed by atoms with Crippen molar-refractivity contribution in [1.29, 1.82) is 0 Å². The number of nitrogens with two attached hydrogens (primary N) is 1. The highest BCUT2D eigenvalue weighted by Gasteiger charge is 2.21. The van der Waals surface area contributed by atoms with Crippen LogP contribution in [0.2, 0.25) is 0 Å². The van der Waals surface area contributed by atoms with E-state index < -0.39 is 0 Å². The van der Waals surface area contributed by atoms with E-state index in [0.29, 0.717) is 24.6 Å². The number of anilines is 2. The molecule has 0 aliphatic heterocycles. The summed E-state index contributed by atoms with van der Waals surface area (Å²) in [4.78, 5) is 14.2. The largest absolute Gasteiger partial charge is 0.364 e. The topological polar surface area (TPSA) is 93.7 Å². The van der Waals surface area contributed by atoms with Crippen molar-refractivity contribution < 1.29 is 0 Å². The van der Waals surface area contributed by atoms with Crippen LogP contribution in [0, 0.1) is 0 Å². The molecule has 8 heteroatoms. The number of aromatic nitrogens is 4. The summed E-state index contributed by atoms with van der Waals surface area (Å²) in [7, 11) is 0. The first-order chi connectivity index (χ1) is 14.0. The monoisotopic (exact) mass is 457 g/mol. The molecule has 0 saturated heterocycles. The summed E-state index contributed by atoms with van der Waals surface area (Å²) in [5.41, 5.74) is 8.88. The van der Waals surface area contributed by atoms with E-state index in [4.69, 9.17) is 15.7 Å². The van der Waals surface area contributed by atoms with Crippen molar-refractivity contribution in [3.63, 3.8) is 0 Å². The zero-order valence-electron chi connectivity index (χ0n) is 16.9. The number of benzene rings is 1. The number of rotatable bonds is 6. The SMILES string of the molecule is CC(C)n1cnc2c(NCc3ccc(Br)cc3)nc(NC3CCC(N)CC3)nc21. The van der Waals surface area contributed by atoms with Crippen LogP contribution in [-0.4, -0.2) is 31.6 Å². The van der Waals surface area contributed by atoms with Crippen LogP contribution in [0.15, 0.2) is 35.1 Å². The van der Waals surface area contributed by atoms with E-state index in [1.54, 1.807) is 0 Å². The lowest BCUT2D eigenvalue weighted by Crippen LogP contribution is -2.33. The van der Waals surface area contributed by atoms with E-state index in [9.17, 15) is 0 Å². The number of fused-ring (bicyclic) bond motifs is 1. The summed E-state index contributed by atoms with van der Waals surface area (Å²) >= 11 is 3.48. The second kappa shape index (κ2) is 8.67. The van der Waals surface area contributed by atoms with Gasteiger partial charge in [0.15, 0.2) is 17.0 Å². The molecule has 1 aliphatic carbocycles. The number of hydrogen-bond acceptors (Lipinski definition) is 6. The quantitative estimate of drug-likeness (QED) is 0.505. The number of hydrogen-bond donors (Lipinski definition) is 3. The van der Waals surface area contributed by atoms with Crippen LogP contribution in [0.5, 0.6) is 0 Å². The van der Waals surface area contributed by atoms with Gasteiger partial charge in [-0.15, -0.1) is 0 Å². The Morgan fingerprint density at radius 3 is 2.55 bits per heavy atom. The van der Waals surface area contributed by atoms with Crippen molar-refractivity contribution >= 4 is 38.9 Å². The van der Waals surface area contributed by atoms with E-state index in [2.05, 4.69) is 62.1 Å². The third kappa shape index (κ3) is 4.70. The molecule has 0 spiro atoms. The molecule has 0 unspecified atom stereocenters. The van der Waals surface area contributed by atoms with Gasteiger partial charge in [-0.2, -0.15) is 9.97 Å². The molecule has 3 aromatic rings. The molecule has 154 valence electrons. The molecule has 29 heavy (non-hydrogen) atoms. The first-order valence-corrected chi connectivity index (χ1v) is 11.0. The molecule has 4 N–H and O–H groups in total. The summed E-state index contributed by atoms with van der Waals surface area (Å²) in [6.45, 7) is 4.94. The second-order valence-electron chi connectivity index (χ2n) is 8.05. The predicted octanol–water partition coefficient (Wildman–Crippen LogP) is 4.46. The number of nitrogens with zero attached hydrogens (tertiary/aromatic N) is 4. The van der Waals surface area contributed by atoms with Crippen LogP contribution < -0.4 is 16.4 Å². The molecule has 1 aliphatic rings. The Kier molecular flexibility index (Phi) is 6.01. The van der Waals surface area contributed by atoms with Crippen LogP contribution in [0.3, 0.4) is 0 Å². The molecule has 1 saturated carbocycles. The second-order valence-corrected chi connectivity index (χ2v) is 8.97. The molecular formula is C21H28BrN7. The van der Waals surface area contributed by atoms with Gasteiger partial charge < -0.3 is 20.9 Å². The molecule has 4 rings (SSSR count). The van der Waals surface area contributed by atoms with Gasteiger partial charge in [0, 0.05) is 29.1 Å². The third-order valence-electron chi connectivity index (χ3n) is 5.46. The predicted molar refractivity (Wildman–Crippen MR) is 121 cm³/mol. The van der Waals surface area contributed by atoms with Crippen LogP contribution in [0.4, 0.5) is 11.8 Å². The maximum Gasteiger partial charge on any atom is 0.227 e. The van der Waals surface area contributed by atoms with E-state index in [1.165, 1.54) is 5.56 Å². The smallest absolute Gasteiger partial charge is 0.227 e. The van der Waals surface area contributed by atoms with E-state index >= 15 is 0 Å². The summed E-state index contributed by atoms with van der Waals surface area (Å²) in [6.07, 6.45) is 6.02. The molecule has 0 atom stereocenters. The van der Waals surface area contributed by atoms with Crippen LogP contribution >= 0.6 is 15.9 Å². The van der Waals surface area contributed by atoms with E-state index in [0.717, 1.165) is 47.1 Å². The highest BCUT2D eigenvalue weighted by atomic mass is 79.9. The fraction of sp³-hybridized carbons (Fsp3) is 0.476. The van der Waals surface area contributed by atoms with Crippen molar-refractivity contribution in [2.45, 2.75) is 64.2 Å². The van der Waals surface area contributed by atoms with E-state index in [1.807, 2.05) is 18.5 Å². The van der Waals surface area contributed by atoms with Crippen molar-refractivity contribution in [3.05, 3.63) is 40.6 Å². The normalized spacial score (nSPS) is 19.6. The average Bonchev–Trinajstić information content (AvgIpc) is 3.13. The summed E-state index contributed by atoms with van der Waals surface area (Å²) < 4.78 is 3.16. The Balaban J connectivity index is 1.61. The highest BCUT2D eigenvalue weighted by Crippen LogP contribution is 2.26. The van der Waals surface area contributed by atoms with Crippen molar-refractivity contribution in [2.75, 3.05) is 10.6 Å². The minimum absolute atomic E-state index is 0.273. The molecule has 1 fully saturated rings. The van der Waals surface area contributed by atoms with Crippen molar-refractivity contribution in [1.82, 2.24) is 19.5 Å². The zero-order chi connectivity index (χ0) is 20.4. The standard InChI is InChI=1S/C21H28BrN7/c1-13(2)29-12-25-18-19(24-11-14-3-5-15(22)6-4-14)27-21(28-20(18)29)26-17-9-7-16(23)8-10-17/h3-6,12-13,16-17H,7-11,23H2,1-2H3,(H2,24,26,27,28). The first kappa shape index (κ1) is 20.1. The number of nitrogens with one attached hydrogen (secondary N) is 2. The van der Waals surface area contributed by atoms with Gasteiger partial charge in [-0.1, -0.05) is 28.1 Å². The Hall–Kier alpha value is -2.19. The lowest BCUT2D eigenvalue weighted by molar-refractivity contribution is 0.410. The van der Waals surface area contributed by atoms with Crippen molar-refractivity contribution in [3.8, 4) is 0 Å². The van der Waals surface area contributed by atoms with E-state index in [-0.39, 0.29) is 6.04 Å². The molecule has 7 nitrogen and oxygen atoms in total. The molecular weight excluding hydrogens is 430 g/mol. The van der Waals surface area contributed by atoms with Crippen LogP contribution in [0.1, 0.15) is 51.1 Å². The van der Waals surface area contributed by atoms with Gasteiger partial charge >= 0.3 is 0 Å². The lowest BCUT2D eigenvalue weighted by Gasteiger charge is -2.27.